The predicted molar refractivity (Wildman–Crippen MR) is 111 cm³/mol. The molecule has 4 rings (SSSR count). The van der Waals surface area contributed by atoms with Crippen LogP contribution in [0.3, 0.4) is 0 Å². The zero-order valence-electron chi connectivity index (χ0n) is 15.6. The van der Waals surface area contributed by atoms with E-state index >= 15 is 0 Å². The number of nitrogens with one attached hydrogen (secondary N) is 2. The third-order valence-corrected chi connectivity index (χ3v) is 4.72. The molecule has 0 aliphatic carbocycles. The number of benzene rings is 2. The first-order valence-electron chi connectivity index (χ1n) is 8.89. The van der Waals surface area contributed by atoms with Crippen molar-refractivity contribution in [1.82, 2.24) is 14.9 Å². The summed E-state index contributed by atoms with van der Waals surface area (Å²) in [6.45, 7) is 0. The Kier molecular flexibility index (Phi) is 4.45. The fourth-order valence-corrected chi connectivity index (χ4v) is 3.24. The summed E-state index contributed by atoms with van der Waals surface area (Å²) >= 11 is 0. The summed E-state index contributed by atoms with van der Waals surface area (Å²) in [5.74, 6) is 0.795. The van der Waals surface area contributed by atoms with Crippen LogP contribution in [0.15, 0.2) is 66.9 Å². The maximum Gasteiger partial charge on any atom is 0.251 e. The van der Waals surface area contributed by atoms with E-state index in [0.29, 0.717) is 11.4 Å². The summed E-state index contributed by atoms with van der Waals surface area (Å²) in [7, 11) is 3.62. The second-order valence-corrected chi connectivity index (χ2v) is 6.55. The largest absolute Gasteiger partial charge is 0.508 e. The maximum absolute atomic E-state index is 11.7. The first kappa shape index (κ1) is 17.6. The number of aromatic hydroxyl groups is 1. The fourth-order valence-electron chi connectivity index (χ4n) is 3.24. The van der Waals surface area contributed by atoms with Gasteiger partial charge in [-0.25, -0.2) is 4.98 Å². The van der Waals surface area contributed by atoms with Crippen LogP contribution in [-0.2, 0) is 7.05 Å². The van der Waals surface area contributed by atoms with Crippen molar-refractivity contribution in [2.45, 2.75) is 0 Å². The Labute approximate surface area is 162 Å². The van der Waals surface area contributed by atoms with Crippen LogP contribution in [0.1, 0.15) is 10.4 Å². The Bertz CT molecular complexity index is 1160. The van der Waals surface area contributed by atoms with Crippen molar-refractivity contribution in [3.63, 3.8) is 0 Å². The van der Waals surface area contributed by atoms with Gasteiger partial charge in [-0.2, -0.15) is 0 Å². The van der Waals surface area contributed by atoms with Gasteiger partial charge in [-0.3, -0.25) is 4.79 Å². The Hall–Kier alpha value is -3.80. The van der Waals surface area contributed by atoms with Crippen LogP contribution in [0.2, 0.25) is 0 Å². The molecule has 6 nitrogen and oxygen atoms in total. The standard InChI is InChI=1S/C22H20N4O2/c1-23-22(28)15-8-6-14(7-9-15)19-10-16-13-24-21(12-20(16)26(19)2)25-17-4-3-5-18(27)11-17/h3-13,27H,1-2H3,(H,23,28)(H,24,25). The molecule has 0 saturated carbocycles. The van der Waals surface area contributed by atoms with Gasteiger partial charge in [-0.15, -0.1) is 0 Å². The first-order valence-corrected chi connectivity index (χ1v) is 8.89. The van der Waals surface area contributed by atoms with Crippen molar-refractivity contribution in [2.75, 3.05) is 12.4 Å². The van der Waals surface area contributed by atoms with Gasteiger partial charge in [-0.05, 0) is 35.9 Å². The molecule has 0 aliphatic rings. The van der Waals surface area contributed by atoms with Gasteiger partial charge in [-0.1, -0.05) is 18.2 Å². The van der Waals surface area contributed by atoms with Crippen LogP contribution in [0.4, 0.5) is 11.5 Å². The third-order valence-electron chi connectivity index (χ3n) is 4.72. The van der Waals surface area contributed by atoms with E-state index in [-0.39, 0.29) is 11.7 Å². The number of phenolic OH excluding ortho intramolecular Hbond substituents is 1. The molecule has 28 heavy (non-hydrogen) atoms. The monoisotopic (exact) mass is 372 g/mol. The molecule has 0 fully saturated rings. The molecular weight excluding hydrogens is 352 g/mol. The minimum absolute atomic E-state index is 0.101. The molecule has 140 valence electrons. The van der Waals surface area contributed by atoms with Gasteiger partial charge in [0.1, 0.15) is 11.6 Å². The third kappa shape index (κ3) is 3.27. The van der Waals surface area contributed by atoms with Gasteiger partial charge in [0.25, 0.3) is 5.91 Å². The molecule has 0 saturated heterocycles. The van der Waals surface area contributed by atoms with Crippen molar-refractivity contribution in [1.29, 1.82) is 0 Å². The van der Waals surface area contributed by atoms with E-state index < -0.39 is 0 Å². The average molecular weight is 372 g/mol. The van der Waals surface area contributed by atoms with Crippen molar-refractivity contribution in [3.8, 4) is 17.0 Å². The molecule has 0 spiro atoms. The van der Waals surface area contributed by atoms with Gasteiger partial charge < -0.3 is 20.3 Å². The normalized spacial score (nSPS) is 10.8. The molecular formula is C22H20N4O2. The Balaban J connectivity index is 1.68. The molecule has 2 aromatic heterocycles. The number of nitrogens with zero attached hydrogens (tertiary/aromatic N) is 2. The number of carbonyl (C=O) groups excluding carboxylic acids is 1. The highest BCUT2D eigenvalue weighted by atomic mass is 16.3. The van der Waals surface area contributed by atoms with Gasteiger partial charge in [0, 0.05) is 54.8 Å². The molecule has 2 aromatic carbocycles. The highest BCUT2D eigenvalue weighted by molar-refractivity contribution is 5.95. The Morgan fingerprint density at radius 2 is 1.86 bits per heavy atom. The van der Waals surface area contributed by atoms with Crippen molar-refractivity contribution in [2.24, 2.45) is 7.05 Å². The van der Waals surface area contributed by atoms with Crippen LogP contribution >= 0.6 is 0 Å². The quantitative estimate of drug-likeness (QED) is 0.505. The number of fused-ring (bicyclic) bond motifs is 1. The predicted octanol–water partition coefficient (Wildman–Crippen LogP) is 4.05. The van der Waals surface area contributed by atoms with Crippen molar-refractivity contribution < 1.29 is 9.90 Å². The van der Waals surface area contributed by atoms with E-state index in [1.807, 2.05) is 49.6 Å². The number of pyridine rings is 1. The van der Waals surface area contributed by atoms with Gasteiger partial charge in [0.15, 0.2) is 0 Å². The molecule has 3 N–H and O–H groups in total. The molecule has 1 amide bonds. The fraction of sp³-hybridized carbons (Fsp3) is 0.0909. The molecule has 0 unspecified atom stereocenters. The van der Waals surface area contributed by atoms with E-state index in [1.54, 1.807) is 25.2 Å². The van der Waals surface area contributed by atoms with E-state index in [9.17, 15) is 9.90 Å². The second-order valence-electron chi connectivity index (χ2n) is 6.55. The van der Waals surface area contributed by atoms with Crippen molar-refractivity contribution in [3.05, 3.63) is 72.4 Å². The van der Waals surface area contributed by atoms with Crippen LogP contribution in [0.5, 0.6) is 5.75 Å². The summed E-state index contributed by atoms with van der Waals surface area (Å²) in [5, 5.41) is 16.5. The summed E-state index contributed by atoms with van der Waals surface area (Å²) in [6, 6.07) is 18.5. The maximum atomic E-state index is 11.7. The van der Waals surface area contributed by atoms with Crippen molar-refractivity contribution >= 4 is 28.3 Å². The van der Waals surface area contributed by atoms with E-state index in [1.165, 1.54) is 0 Å². The van der Waals surface area contributed by atoms with Crippen LogP contribution < -0.4 is 10.6 Å². The molecule has 2 heterocycles. The number of phenols is 1. The van der Waals surface area contributed by atoms with E-state index in [4.69, 9.17) is 0 Å². The minimum atomic E-state index is -0.101. The smallest absolute Gasteiger partial charge is 0.251 e. The number of hydrogen-bond donors (Lipinski definition) is 3. The Morgan fingerprint density at radius 3 is 2.57 bits per heavy atom. The molecule has 0 bridgehead atoms. The number of rotatable bonds is 4. The first-order chi connectivity index (χ1) is 13.5. The SMILES string of the molecule is CNC(=O)c1ccc(-c2cc3cnc(Nc4cccc(O)c4)cc3n2C)cc1. The van der Waals surface area contributed by atoms with E-state index in [0.717, 1.165) is 27.8 Å². The van der Waals surface area contributed by atoms with E-state index in [2.05, 4.69) is 26.3 Å². The van der Waals surface area contributed by atoms with Crippen LogP contribution in [-0.4, -0.2) is 27.6 Å². The molecule has 0 aliphatic heterocycles. The number of hydrogen-bond acceptors (Lipinski definition) is 4. The van der Waals surface area contributed by atoms with Crippen LogP contribution in [0, 0.1) is 0 Å². The molecule has 6 heteroatoms. The van der Waals surface area contributed by atoms with Gasteiger partial charge in [0.2, 0.25) is 0 Å². The lowest BCUT2D eigenvalue weighted by molar-refractivity contribution is 0.0963. The summed E-state index contributed by atoms with van der Waals surface area (Å²) in [6.07, 6.45) is 1.82. The summed E-state index contributed by atoms with van der Waals surface area (Å²) < 4.78 is 2.10. The zero-order valence-corrected chi connectivity index (χ0v) is 15.6. The van der Waals surface area contributed by atoms with Gasteiger partial charge >= 0.3 is 0 Å². The zero-order chi connectivity index (χ0) is 19.7. The minimum Gasteiger partial charge on any atom is -0.508 e. The number of aromatic nitrogens is 2. The van der Waals surface area contributed by atoms with Crippen LogP contribution in [0.25, 0.3) is 22.2 Å². The molecule has 0 atom stereocenters. The topological polar surface area (TPSA) is 79.2 Å². The summed E-state index contributed by atoms with van der Waals surface area (Å²) in [5.41, 5.74) is 4.49. The highest BCUT2D eigenvalue weighted by Crippen LogP contribution is 2.29. The number of anilines is 2. The number of amides is 1. The summed E-state index contributed by atoms with van der Waals surface area (Å²) in [4.78, 5) is 16.2. The lowest BCUT2D eigenvalue weighted by Gasteiger charge is -2.08. The lowest BCUT2D eigenvalue weighted by Crippen LogP contribution is -2.17. The Morgan fingerprint density at radius 1 is 1.07 bits per heavy atom. The average Bonchev–Trinajstić information content (AvgIpc) is 3.04. The molecule has 4 aromatic rings. The molecule has 0 radical (unpaired) electrons. The highest BCUT2D eigenvalue weighted by Gasteiger charge is 2.11. The van der Waals surface area contributed by atoms with Gasteiger partial charge in [0.05, 0.1) is 5.52 Å². The second kappa shape index (κ2) is 7.08. The number of aryl methyl sites for hydroxylation is 1. The lowest BCUT2D eigenvalue weighted by atomic mass is 10.1. The number of carbonyl (C=O) groups is 1.